The summed E-state index contributed by atoms with van der Waals surface area (Å²) in [6.45, 7) is 1.84. The van der Waals surface area contributed by atoms with Crippen molar-refractivity contribution in [2.75, 3.05) is 11.9 Å². The number of benzene rings is 1. The number of carbonyl (C=O) groups excluding carboxylic acids is 3. The fourth-order valence-corrected chi connectivity index (χ4v) is 6.15. The standard InChI is InChI=1S/C26H27FN4O5/c1-14-12-19(30-36-14)29-23(32)20-18-10-11-26(35-18)13-31(25(34)21(20)26)22(15-6-8-16(27)9-7-15)24(33)28-17-4-2-3-5-17/h6-12,17-18,20-22H,2-5,13H2,1H3,(H,28,33)(H,29,30,32). The number of halogens is 1. The monoisotopic (exact) mass is 494 g/mol. The highest BCUT2D eigenvalue weighted by atomic mass is 19.1. The number of hydrogen-bond acceptors (Lipinski definition) is 6. The number of aromatic nitrogens is 1. The molecular weight excluding hydrogens is 467 g/mol. The Kier molecular flexibility index (Phi) is 5.44. The van der Waals surface area contributed by atoms with E-state index < -0.39 is 41.3 Å². The maximum atomic E-state index is 13.9. The molecule has 3 aliphatic heterocycles. The number of nitrogens with one attached hydrogen (secondary N) is 2. The summed E-state index contributed by atoms with van der Waals surface area (Å²) in [5.41, 5.74) is -0.496. The average molecular weight is 495 g/mol. The molecular formula is C26H27FN4O5. The van der Waals surface area contributed by atoms with E-state index in [1.165, 1.54) is 29.2 Å². The van der Waals surface area contributed by atoms with Crippen LogP contribution in [0, 0.1) is 24.6 Å². The highest BCUT2D eigenvalue weighted by Gasteiger charge is 2.68. The van der Waals surface area contributed by atoms with E-state index >= 15 is 0 Å². The molecule has 2 bridgehead atoms. The van der Waals surface area contributed by atoms with Crippen LogP contribution in [0.25, 0.3) is 0 Å². The Morgan fingerprint density at radius 1 is 1.22 bits per heavy atom. The first-order valence-electron chi connectivity index (χ1n) is 12.3. The lowest BCUT2D eigenvalue weighted by Gasteiger charge is -2.30. The van der Waals surface area contributed by atoms with Gasteiger partial charge in [-0.25, -0.2) is 4.39 Å². The lowest BCUT2D eigenvalue weighted by atomic mass is 9.77. The van der Waals surface area contributed by atoms with Gasteiger partial charge in [-0.05, 0) is 37.5 Å². The van der Waals surface area contributed by atoms with Crippen molar-refractivity contribution in [3.8, 4) is 0 Å². The van der Waals surface area contributed by atoms with Crippen LogP contribution in [0.4, 0.5) is 10.2 Å². The highest BCUT2D eigenvalue weighted by Crippen LogP contribution is 2.53. The zero-order valence-corrected chi connectivity index (χ0v) is 19.8. The van der Waals surface area contributed by atoms with Gasteiger partial charge in [0.25, 0.3) is 0 Å². The number of anilines is 1. The maximum absolute atomic E-state index is 13.9. The van der Waals surface area contributed by atoms with E-state index in [2.05, 4.69) is 15.8 Å². The molecule has 1 aromatic carbocycles. The molecule has 5 unspecified atom stereocenters. The van der Waals surface area contributed by atoms with Crippen LogP contribution in [0.1, 0.15) is 43.0 Å². The van der Waals surface area contributed by atoms with Crippen LogP contribution in [0.2, 0.25) is 0 Å². The maximum Gasteiger partial charge on any atom is 0.247 e. The Morgan fingerprint density at radius 2 is 1.97 bits per heavy atom. The average Bonchev–Trinajstić information content (AvgIpc) is 3.66. The fraction of sp³-hybridized carbons (Fsp3) is 0.462. The Hall–Kier alpha value is -3.53. The number of hydrogen-bond donors (Lipinski definition) is 2. The predicted octanol–water partition coefficient (Wildman–Crippen LogP) is 2.64. The summed E-state index contributed by atoms with van der Waals surface area (Å²) in [4.78, 5) is 42.2. The lowest BCUT2D eigenvalue weighted by Crippen LogP contribution is -2.46. The molecule has 1 aliphatic carbocycles. The van der Waals surface area contributed by atoms with Gasteiger partial charge in [-0.1, -0.05) is 42.3 Å². The molecule has 2 N–H and O–H groups in total. The largest absolute Gasteiger partial charge is 0.360 e. The molecule has 6 rings (SSSR count). The summed E-state index contributed by atoms with van der Waals surface area (Å²) >= 11 is 0. The molecule has 4 aliphatic rings. The number of nitrogens with zero attached hydrogens (tertiary/aromatic N) is 2. The van der Waals surface area contributed by atoms with Crippen LogP contribution < -0.4 is 10.6 Å². The third-order valence-corrected chi connectivity index (χ3v) is 7.76. The van der Waals surface area contributed by atoms with Gasteiger partial charge >= 0.3 is 0 Å². The SMILES string of the molecule is Cc1cc(NC(=O)C2C3C=CC4(CN(C(C(=O)NC5CCCC5)c5ccc(F)cc5)C(=O)C24)O3)no1. The summed E-state index contributed by atoms with van der Waals surface area (Å²) in [5, 5.41) is 9.61. The smallest absolute Gasteiger partial charge is 0.247 e. The quantitative estimate of drug-likeness (QED) is 0.597. The third kappa shape index (κ3) is 3.71. The molecule has 0 radical (unpaired) electrons. The summed E-state index contributed by atoms with van der Waals surface area (Å²) in [6.07, 6.45) is 6.95. The number of likely N-dealkylation sites (tertiary alicyclic amines) is 1. The van der Waals surface area contributed by atoms with E-state index in [-0.39, 0.29) is 30.2 Å². The summed E-state index contributed by atoms with van der Waals surface area (Å²) in [7, 11) is 0. The van der Waals surface area contributed by atoms with Crippen LogP contribution >= 0.6 is 0 Å². The van der Waals surface area contributed by atoms with Gasteiger partial charge in [0, 0.05) is 12.1 Å². The van der Waals surface area contributed by atoms with E-state index in [9.17, 15) is 18.8 Å². The first-order valence-corrected chi connectivity index (χ1v) is 12.3. The second-order valence-corrected chi connectivity index (χ2v) is 10.1. The van der Waals surface area contributed by atoms with Gasteiger partial charge in [0.15, 0.2) is 5.82 Å². The van der Waals surface area contributed by atoms with Crippen LogP contribution in [0.15, 0.2) is 47.0 Å². The molecule has 10 heteroatoms. The Bertz CT molecular complexity index is 1240. The molecule has 3 amide bonds. The van der Waals surface area contributed by atoms with Crippen LogP contribution in [-0.2, 0) is 19.1 Å². The zero-order valence-electron chi connectivity index (χ0n) is 19.8. The Morgan fingerprint density at radius 3 is 2.67 bits per heavy atom. The van der Waals surface area contributed by atoms with E-state index in [0.29, 0.717) is 11.3 Å². The van der Waals surface area contributed by atoms with Crippen molar-refractivity contribution >= 4 is 23.5 Å². The molecule has 36 heavy (non-hydrogen) atoms. The Balaban J connectivity index is 1.30. The van der Waals surface area contributed by atoms with Crippen molar-refractivity contribution in [3.05, 3.63) is 59.6 Å². The molecule has 3 fully saturated rings. The molecule has 1 saturated carbocycles. The van der Waals surface area contributed by atoms with E-state index in [0.717, 1.165) is 25.7 Å². The van der Waals surface area contributed by atoms with E-state index in [1.54, 1.807) is 19.1 Å². The van der Waals surface area contributed by atoms with Gasteiger partial charge < -0.3 is 24.8 Å². The number of ether oxygens (including phenoxy) is 1. The van der Waals surface area contributed by atoms with Crippen LogP contribution in [-0.4, -0.2) is 52.1 Å². The van der Waals surface area contributed by atoms with Gasteiger partial charge in [-0.15, -0.1) is 0 Å². The molecule has 9 nitrogen and oxygen atoms in total. The Labute approximate surface area is 207 Å². The highest BCUT2D eigenvalue weighted by molar-refractivity contribution is 6.00. The first-order chi connectivity index (χ1) is 17.3. The second kappa shape index (κ2) is 8.55. The van der Waals surface area contributed by atoms with Crippen LogP contribution in [0.3, 0.4) is 0 Å². The minimum Gasteiger partial charge on any atom is -0.360 e. The van der Waals surface area contributed by atoms with Crippen LogP contribution in [0.5, 0.6) is 0 Å². The molecule has 1 spiro atoms. The first kappa shape index (κ1) is 22.9. The molecule has 188 valence electrons. The predicted molar refractivity (Wildman–Crippen MR) is 125 cm³/mol. The lowest BCUT2D eigenvalue weighted by molar-refractivity contribution is -0.142. The molecule has 1 aromatic heterocycles. The normalized spacial score (nSPS) is 29.6. The molecule has 2 saturated heterocycles. The number of rotatable bonds is 6. The van der Waals surface area contributed by atoms with Crippen molar-refractivity contribution in [1.82, 2.24) is 15.4 Å². The van der Waals surface area contributed by atoms with Crippen molar-refractivity contribution in [2.45, 2.75) is 56.4 Å². The van der Waals surface area contributed by atoms with Crippen molar-refractivity contribution in [3.63, 3.8) is 0 Å². The topological polar surface area (TPSA) is 114 Å². The van der Waals surface area contributed by atoms with Crippen molar-refractivity contribution in [2.24, 2.45) is 11.8 Å². The number of amides is 3. The summed E-state index contributed by atoms with van der Waals surface area (Å²) < 4.78 is 24.9. The minimum atomic E-state index is -1.00. The number of aryl methyl sites for hydroxylation is 1. The zero-order chi connectivity index (χ0) is 25.0. The molecule has 4 heterocycles. The van der Waals surface area contributed by atoms with Gasteiger partial charge in [0.2, 0.25) is 17.7 Å². The van der Waals surface area contributed by atoms with Crippen molar-refractivity contribution in [1.29, 1.82) is 0 Å². The second-order valence-electron chi connectivity index (χ2n) is 10.1. The number of carbonyl (C=O) groups is 3. The van der Waals surface area contributed by atoms with E-state index in [4.69, 9.17) is 9.26 Å². The summed E-state index contributed by atoms with van der Waals surface area (Å²) in [6, 6.07) is 6.30. The fourth-order valence-electron chi connectivity index (χ4n) is 6.15. The van der Waals surface area contributed by atoms with Gasteiger partial charge in [-0.3, -0.25) is 14.4 Å². The summed E-state index contributed by atoms with van der Waals surface area (Å²) in [5.74, 6) is -2.23. The minimum absolute atomic E-state index is 0.0484. The molecule has 2 aromatic rings. The van der Waals surface area contributed by atoms with Gasteiger partial charge in [0.1, 0.15) is 23.2 Å². The number of fused-ring (bicyclic) bond motifs is 1. The van der Waals surface area contributed by atoms with Crippen molar-refractivity contribution < 1.29 is 28.0 Å². The van der Waals surface area contributed by atoms with Gasteiger partial charge in [-0.2, -0.15) is 0 Å². The van der Waals surface area contributed by atoms with E-state index in [1.807, 2.05) is 6.08 Å². The third-order valence-electron chi connectivity index (χ3n) is 7.76. The van der Waals surface area contributed by atoms with Gasteiger partial charge in [0.05, 0.1) is 24.5 Å². The molecule has 5 atom stereocenters.